The topological polar surface area (TPSA) is 79.2 Å². The van der Waals surface area contributed by atoms with Crippen LogP contribution in [0.5, 0.6) is 0 Å². The predicted octanol–water partition coefficient (Wildman–Crippen LogP) is 5.22. The van der Waals surface area contributed by atoms with Gasteiger partial charge in [0.05, 0.1) is 12.5 Å². The number of aliphatic hydroxyl groups is 1. The van der Waals surface area contributed by atoms with E-state index in [9.17, 15) is 9.90 Å². The monoisotopic (exact) mass is 524 g/mol. The second-order valence-corrected chi connectivity index (χ2v) is 10.6. The summed E-state index contributed by atoms with van der Waals surface area (Å²) in [5.41, 5.74) is 8.80. The van der Waals surface area contributed by atoms with Gasteiger partial charge in [-0.1, -0.05) is 48.5 Å². The van der Waals surface area contributed by atoms with Crippen LogP contribution in [0.1, 0.15) is 57.8 Å². The average molecular weight is 525 g/mol. The highest BCUT2D eigenvalue weighted by Crippen LogP contribution is 2.18. The molecular weight excluding hydrogens is 484 g/mol. The Kier molecular flexibility index (Phi) is 9.33. The number of aliphatic hydroxyl groups excluding tert-OH is 1. The Balaban J connectivity index is 1.25. The number of carbonyl (C=O) groups excluding carboxylic acids is 1. The number of aromatic nitrogens is 2. The van der Waals surface area contributed by atoms with Crippen LogP contribution in [-0.4, -0.2) is 33.2 Å². The van der Waals surface area contributed by atoms with E-state index in [1.54, 1.807) is 6.20 Å². The Bertz CT molecular complexity index is 1390. The summed E-state index contributed by atoms with van der Waals surface area (Å²) in [5, 5.41) is 17.2. The van der Waals surface area contributed by atoms with Gasteiger partial charge in [0, 0.05) is 42.3 Å². The molecule has 0 aliphatic rings. The van der Waals surface area contributed by atoms with E-state index in [0.29, 0.717) is 19.5 Å². The van der Waals surface area contributed by atoms with Gasteiger partial charge in [0.15, 0.2) is 0 Å². The third-order valence-electron chi connectivity index (χ3n) is 7.27. The molecule has 2 heterocycles. The number of carbonyl (C=O) groups is 1. The quantitative estimate of drug-likeness (QED) is 0.251. The van der Waals surface area contributed by atoms with Crippen LogP contribution < -0.4 is 10.6 Å². The van der Waals surface area contributed by atoms with Gasteiger partial charge in [-0.2, -0.15) is 0 Å². The van der Waals surface area contributed by atoms with Crippen molar-refractivity contribution in [1.82, 2.24) is 20.2 Å². The minimum absolute atomic E-state index is 0.0152. The van der Waals surface area contributed by atoms with Gasteiger partial charge in [0.2, 0.25) is 5.91 Å². The van der Waals surface area contributed by atoms with E-state index in [0.717, 1.165) is 45.9 Å². The molecule has 4 aromatic rings. The standard InChI is InChI=1S/C33H40N4O2/c1-22-9-12-29(15-23(22)2)19-36-33(39)18-28-8-6-7-27(17-28)16-24(3)34-21-31(38)30-13-14-32(35-20-30)37-25(4)10-11-26(37)5/h6-15,17,20,24,31,34,38H,16,18-19,21H2,1-5H3,(H,36,39)/t24-,31+/m1/s1. The van der Waals surface area contributed by atoms with Gasteiger partial charge in [-0.15, -0.1) is 0 Å². The normalized spacial score (nSPS) is 12.8. The van der Waals surface area contributed by atoms with E-state index in [1.165, 1.54) is 11.1 Å². The predicted molar refractivity (Wildman–Crippen MR) is 157 cm³/mol. The van der Waals surface area contributed by atoms with Crippen molar-refractivity contribution in [1.29, 1.82) is 0 Å². The summed E-state index contributed by atoms with van der Waals surface area (Å²) in [7, 11) is 0. The number of nitrogens with zero attached hydrogens (tertiary/aromatic N) is 2. The minimum atomic E-state index is -0.645. The van der Waals surface area contributed by atoms with Gasteiger partial charge in [-0.25, -0.2) is 4.98 Å². The van der Waals surface area contributed by atoms with Crippen LogP contribution in [0.4, 0.5) is 0 Å². The molecule has 0 aliphatic carbocycles. The van der Waals surface area contributed by atoms with Gasteiger partial charge in [-0.05, 0) is 87.1 Å². The Hall–Kier alpha value is -3.74. The molecule has 0 spiro atoms. The zero-order chi connectivity index (χ0) is 27.9. The molecule has 0 radical (unpaired) electrons. The number of hydrogen-bond acceptors (Lipinski definition) is 4. The van der Waals surface area contributed by atoms with Crippen molar-refractivity contribution in [2.75, 3.05) is 6.54 Å². The van der Waals surface area contributed by atoms with E-state index < -0.39 is 6.10 Å². The molecule has 39 heavy (non-hydrogen) atoms. The first-order valence-electron chi connectivity index (χ1n) is 13.6. The largest absolute Gasteiger partial charge is 0.387 e. The van der Waals surface area contributed by atoms with Gasteiger partial charge in [0.25, 0.3) is 0 Å². The molecular formula is C33H40N4O2. The van der Waals surface area contributed by atoms with Crippen molar-refractivity contribution in [3.05, 3.63) is 118 Å². The van der Waals surface area contributed by atoms with Crippen LogP contribution in [0.3, 0.4) is 0 Å². The zero-order valence-corrected chi connectivity index (χ0v) is 23.7. The van der Waals surface area contributed by atoms with Crippen LogP contribution >= 0.6 is 0 Å². The summed E-state index contributed by atoms with van der Waals surface area (Å²) in [6, 6.07) is 22.6. The van der Waals surface area contributed by atoms with Crippen LogP contribution in [0.25, 0.3) is 5.82 Å². The van der Waals surface area contributed by atoms with Crippen molar-refractivity contribution in [2.24, 2.45) is 0 Å². The lowest BCUT2D eigenvalue weighted by Crippen LogP contribution is -2.32. The van der Waals surface area contributed by atoms with Crippen LogP contribution in [-0.2, 0) is 24.2 Å². The molecule has 4 rings (SSSR count). The molecule has 1 amide bonds. The minimum Gasteiger partial charge on any atom is -0.387 e. The van der Waals surface area contributed by atoms with Crippen molar-refractivity contribution in [2.45, 2.75) is 66.2 Å². The summed E-state index contributed by atoms with van der Waals surface area (Å²) in [6.45, 7) is 11.4. The summed E-state index contributed by atoms with van der Waals surface area (Å²) >= 11 is 0. The Morgan fingerprint density at radius 2 is 1.64 bits per heavy atom. The first-order chi connectivity index (χ1) is 18.7. The maximum Gasteiger partial charge on any atom is 0.224 e. The van der Waals surface area contributed by atoms with E-state index in [4.69, 9.17) is 0 Å². The maximum absolute atomic E-state index is 12.5. The van der Waals surface area contributed by atoms with Crippen molar-refractivity contribution in [3.8, 4) is 5.82 Å². The third kappa shape index (κ3) is 7.65. The Labute approximate surface area is 232 Å². The highest BCUT2D eigenvalue weighted by molar-refractivity contribution is 5.78. The number of rotatable bonds is 11. The molecule has 2 aromatic carbocycles. The number of hydrogen-bond donors (Lipinski definition) is 3. The molecule has 6 nitrogen and oxygen atoms in total. The van der Waals surface area contributed by atoms with Crippen molar-refractivity contribution >= 4 is 5.91 Å². The number of nitrogens with one attached hydrogen (secondary N) is 2. The molecule has 0 saturated heterocycles. The molecule has 204 valence electrons. The average Bonchev–Trinajstić information content (AvgIpc) is 3.25. The van der Waals surface area contributed by atoms with Crippen molar-refractivity contribution < 1.29 is 9.90 Å². The lowest BCUT2D eigenvalue weighted by Gasteiger charge is -2.18. The number of aryl methyl sites for hydroxylation is 4. The van der Waals surface area contributed by atoms with Gasteiger partial charge in [-0.3, -0.25) is 4.79 Å². The van der Waals surface area contributed by atoms with E-state index in [2.05, 4.69) is 97.3 Å². The van der Waals surface area contributed by atoms with Crippen LogP contribution in [0.15, 0.2) is 72.9 Å². The Morgan fingerprint density at radius 1 is 0.897 bits per heavy atom. The fourth-order valence-corrected chi connectivity index (χ4v) is 4.84. The maximum atomic E-state index is 12.5. The Morgan fingerprint density at radius 3 is 2.33 bits per heavy atom. The van der Waals surface area contributed by atoms with E-state index in [-0.39, 0.29) is 11.9 Å². The number of pyridine rings is 1. The smallest absolute Gasteiger partial charge is 0.224 e. The summed E-state index contributed by atoms with van der Waals surface area (Å²) < 4.78 is 2.10. The molecule has 0 unspecified atom stereocenters. The van der Waals surface area contributed by atoms with Gasteiger partial charge < -0.3 is 20.3 Å². The van der Waals surface area contributed by atoms with Crippen LogP contribution in [0.2, 0.25) is 0 Å². The first-order valence-corrected chi connectivity index (χ1v) is 13.6. The summed E-state index contributed by atoms with van der Waals surface area (Å²) in [4.78, 5) is 17.1. The number of amides is 1. The number of benzene rings is 2. The second-order valence-electron chi connectivity index (χ2n) is 10.6. The van der Waals surface area contributed by atoms with E-state index >= 15 is 0 Å². The highest BCUT2D eigenvalue weighted by atomic mass is 16.3. The second kappa shape index (κ2) is 12.9. The lowest BCUT2D eigenvalue weighted by molar-refractivity contribution is -0.120. The summed E-state index contributed by atoms with van der Waals surface area (Å²) in [6.07, 6.45) is 2.26. The zero-order valence-electron chi connectivity index (χ0n) is 23.7. The molecule has 0 aliphatic heterocycles. The van der Waals surface area contributed by atoms with E-state index in [1.807, 2.05) is 24.3 Å². The van der Waals surface area contributed by atoms with Crippen molar-refractivity contribution in [3.63, 3.8) is 0 Å². The fourth-order valence-electron chi connectivity index (χ4n) is 4.84. The third-order valence-corrected chi connectivity index (χ3v) is 7.27. The SMILES string of the molecule is Cc1ccc(CNC(=O)Cc2cccc(C[C@@H](C)NC[C@H](O)c3ccc(-n4c(C)ccc4C)nc3)c2)cc1C. The molecule has 2 aromatic heterocycles. The molecule has 0 bridgehead atoms. The lowest BCUT2D eigenvalue weighted by atomic mass is 10.0. The van der Waals surface area contributed by atoms with Gasteiger partial charge in [0.1, 0.15) is 5.82 Å². The molecule has 0 fully saturated rings. The summed E-state index contributed by atoms with van der Waals surface area (Å²) in [5.74, 6) is 0.868. The van der Waals surface area contributed by atoms with Crippen LogP contribution in [0, 0.1) is 27.7 Å². The van der Waals surface area contributed by atoms with Gasteiger partial charge >= 0.3 is 0 Å². The molecule has 2 atom stereocenters. The first kappa shape index (κ1) is 28.3. The molecule has 0 saturated carbocycles. The fraction of sp³-hybridized carbons (Fsp3) is 0.333. The molecule has 6 heteroatoms. The highest BCUT2D eigenvalue weighted by Gasteiger charge is 2.13. The molecule has 3 N–H and O–H groups in total.